The van der Waals surface area contributed by atoms with Crippen molar-refractivity contribution in [2.45, 2.75) is 24.4 Å². The molecule has 0 aliphatic carbocycles. The number of esters is 1. The molecule has 0 radical (unpaired) electrons. The lowest BCUT2D eigenvalue weighted by molar-refractivity contribution is -0.148. The number of ether oxygens (including phenoxy) is 3. The molecule has 2 aliphatic heterocycles. The molecule has 4 atom stereocenters. The van der Waals surface area contributed by atoms with Crippen molar-refractivity contribution in [1.29, 1.82) is 0 Å². The van der Waals surface area contributed by atoms with Gasteiger partial charge in [-0.25, -0.2) is 9.59 Å². The van der Waals surface area contributed by atoms with Crippen molar-refractivity contribution in [1.82, 2.24) is 0 Å². The first-order chi connectivity index (χ1) is 8.08. The Labute approximate surface area is 96.6 Å². The number of aliphatic hydroxyl groups excluding tert-OH is 1. The summed E-state index contributed by atoms with van der Waals surface area (Å²) in [4.78, 5) is 21.4. The summed E-state index contributed by atoms with van der Waals surface area (Å²) < 4.78 is 15.4. The van der Waals surface area contributed by atoms with Crippen molar-refractivity contribution in [3.8, 4) is 0 Å². The van der Waals surface area contributed by atoms with Gasteiger partial charge in [0.1, 0.15) is 18.3 Å². The van der Waals surface area contributed by atoms with Crippen LogP contribution in [0.15, 0.2) is 12.2 Å². The standard InChI is InChI=1S/C10H12O7/c11-5-3-15-10-6(4-16-9(5)10)17-8(14)2-1-7(12)13/h1-2,5-6,9-11H,3-4H2,(H,12,13)/t5-,6-,9-,10-/m1/s1. The minimum Gasteiger partial charge on any atom is -0.478 e. The number of carboxylic acid groups (broad SMARTS) is 1. The van der Waals surface area contributed by atoms with Gasteiger partial charge in [-0.05, 0) is 0 Å². The van der Waals surface area contributed by atoms with Crippen LogP contribution in [0, 0.1) is 0 Å². The molecule has 17 heavy (non-hydrogen) atoms. The normalized spacial score (nSPS) is 36.1. The molecule has 0 aromatic carbocycles. The number of hydrogen-bond acceptors (Lipinski definition) is 6. The maximum absolute atomic E-state index is 11.2. The molecule has 7 heteroatoms. The second kappa shape index (κ2) is 4.82. The van der Waals surface area contributed by atoms with Crippen LogP contribution in [0.25, 0.3) is 0 Å². The molecule has 0 aromatic heterocycles. The van der Waals surface area contributed by atoms with Crippen LogP contribution in [0.5, 0.6) is 0 Å². The van der Waals surface area contributed by atoms with Crippen molar-refractivity contribution in [2.75, 3.05) is 13.2 Å². The molecule has 0 aromatic rings. The predicted octanol–water partition coefficient (Wildman–Crippen LogP) is -1.30. The Morgan fingerprint density at radius 1 is 1.18 bits per heavy atom. The third-order valence-corrected chi connectivity index (χ3v) is 2.61. The van der Waals surface area contributed by atoms with Crippen LogP contribution < -0.4 is 0 Å². The first-order valence-electron chi connectivity index (χ1n) is 5.11. The van der Waals surface area contributed by atoms with E-state index in [4.69, 9.17) is 19.3 Å². The Bertz CT molecular complexity index is 351. The number of rotatable bonds is 3. The van der Waals surface area contributed by atoms with E-state index in [2.05, 4.69) is 0 Å². The van der Waals surface area contributed by atoms with Gasteiger partial charge in [0, 0.05) is 12.2 Å². The van der Waals surface area contributed by atoms with Crippen LogP contribution in [0.2, 0.25) is 0 Å². The fourth-order valence-corrected chi connectivity index (χ4v) is 1.87. The minimum absolute atomic E-state index is 0.138. The van der Waals surface area contributed by atoms with Crippen molar-refractivity contribution in [2.24, 2.45) is 0 Å². The Kier molecular flexibility index (Phi) is 3.41. The number of hydrogen-bond donors (Lipinski definition) is 2. The number of carbonyl (C=O) groups is 2. The van der Waals surface area contributed by atoms with Gasteiger partial charge in [-0.1, -0.05) is 0 Å². The highest BCUT2D eigenvalue weighted by atomic mass is 16.6. The minimum atomic E-state index is -1.23. The maximum Gasteiger partial charge on any atom is 0.331 e. The molecule has 0 amide bonds. The summed E-state index contributed by atoms with van der Waals surface area (Å²) in [6.45, 7) is 0.285. The predicted molar refractivity (Wildman–Crippen MR) is 52.1 cm³/mol. The maximum atomic E-state index is 11.2. The van der Waals surface area contributed by atoms with Crippen LogP contribution in [-0.2, 0) is 23.8 Å². The molecule has 2 saturated heterocycles. The molecule has 0 spiro atoms. The Hall–Kier alpha value is -1.44. The van der Waals surface area contributed by atoms with Gasteiger partial charge in [-0.15, -0.1) is 0 Å². The van der Waals surface area contributed by atoms with Crippen LogP contribution in [0.3, 0.4) is 0 Å². The summed E-state index contributed by atoms with van der Waals surface area (Å²) >= 11 is 0. The monoisotopic (exact) mass is 244 g/mol. The molecular formula is C10H12O7. The summed E-state index contributed by atoms with van der Waals surface area (Å²) in [5.74, 6) is -2.00. The van der Waals surface area contributed by atoms with E-state index in [0.717, 1.165) is 6.08 Å². The Balaban J connectivity index is 1.88. The smallest absolute Gasteiger partial charge is 0.331 e. The second-order valence-electron chi connectivity index (χ2n) is 3.81. The van der Waals surface area contributed by atoms with Gasteiger partial charge >= 0.3 is 11.9 Å². The lowest BCUT2D eigenvalue weighted by Gasteiger charge is -2.15. The van der Waals surface area contributed by atoms with Gasteiger partial charge < -0.3 is 24.4 Å². The average Bonchev–Trinajstić information content (AvgIpc) is 2.81. The fourth-order valence-electron chi connectivity index (χ4n) is 1.87. The topological polar surface area (TPSA) is 102 Å². The molecular weight excluding hydrogens is 232 g/mol. The lowest BCUT2D eigenvalue weighted by atomic mass is 10.1. The van der Waals surface area contributed by atoms with Crippen LogP contribution in [-0.4, -0.2) is 59.8 Å². The SMILES string of the molecule is O=C(O)C=CC(=O)O[C@@H]1CO[C@H]2[C@@H]1OC[C@H]2O. The van der Waals surface area contributed by atoms with Gasteiger partial charge in [0.15, 0.2) is 6.10 Å². The van der Waals surface area contributed by atoms with Gasteiger partial charge in [0.25, 0.3) is 0 Å². The van der Waals surface area contributed by atoms with E-state index in [9.17, 15) is 14.7 Å². The highest BCUT2D eigenvalue weighted by molar-refractivity contribution is 5.90. The summed E-state index contributed by atoms with van der Waals surface area (Å²) in [7, 11) is 0. The van der Waals surface area contributed by atoms with Crippen molar-refractivity contribution in [3.63, 3.8) is 0 Å². The summed E-state index contributed by atoms with van der Waals surface area (Å²) in [6.07, 6.45) is -0.758. The van der Waals surface area contributed by atoms with Gasteiger partial charge in [-0.2, -0.15) is 0 Å². The van der Waals surface area contributed by atoms with E-state index in [1.165, 1.54) is 0 Å². The molecule has 0 bridgehead atoms. The van der Waals surface area contributed by atoms with Crippen molar-refractivity contribution in [3.05, 3.63) is 12.2 Å². The third kappa shape index (κ3) is 2.63. The molecule has 2 rings (SSSR count). The first kappa shape index (κ1) is 12.0. The van der Waals surface area contributed by atoms with Crippen molar-refractivity contribution < 1.29 is 34.0 Å². The fraction of sp³-hybridized carbons (Fsp3) is 0.600. The van der Waals surface area contributed by atoms with E-state index in [1.54, 1.807) is 0 Å². The average molecular weight is 244 g/mol. The zero-order valence-electron chi connectivity index (χ0n) is 8.81. The molecule has 0 saturated carbocycles. The van der Waals surface area contributed by atoms with Crippen molar-refractivity contribution >= 4 is 11.9 Å². The van der Waals surface area contributed by atoms with E-state index < -0.39 is 36.4 Å². The highest BCUT2D eigenvalue weighted by Crippen LogP contribution is 2.28. The van der Waals surface area contributed by atoms with Gasteiger partial charge in [0.05, 0.1) is 13.2 Å². The zero-order chi connectivity index (χ0) is 12.4. The molecule has 0 unspecified atom stereocenters. The number of carboxylic acids is 1. The van der Waals surface area contributed by atoms with Crippen LogP contribution >= 0.6 is 0 Å². The molecule has 2 fully saturated rings. The summed E-state index contributed by atoms with van der Waals surface area (Å²) in [6, 6.07) is 0. The zero-order valence-corrected chi connectivity index (χ0v) is 8.81. The molecule has 2 heterocycles. The van der Waals surface area contributed by atoms with Gasteiger partial charge in [0.2, 0.25) is 0 Å². The van der Waals surface area contributed by atoms with E-state index in [-0.39, 0.29) is 13.2 Å². The largest absolute Gasteiger partial charge is 0.478 e. The quantitative estimate of drug-likeness (QED) is 0.469. The lowest BCUT2D eigenvalue weighted by Crippen LogP contribution is -2.33. The second-order valence-corrected chi connectivity index (χ2v) is 3.81. The van der Waals surface area contributed by atoms with E-state index in [1.807, 2.05) is 0 Å². The number of fused-ring (bicyclic) bond motifs is 1. The third-order valence-electron chi connectivity index (χ3n) is 2.61. The van der Waals surface area contributed by atoms with Crippen LogP contribution in [0.4, 0.5) is 0 Å². The molecule has 2 N–H and O–H groups in total. The number of aliphatic carboxylic acids is 1. The molecule has 7 nitrogen and oxygen atoms in total. The number of aliphatic hydroxyl groups is 1. The highest BCUT2D eigenvalue weighted by Gasteiger charge is 2.48. The Morgan fingerprint density at radius 2 is 1.88 bits per heavy atom. The summed E-state index contributed by atoms with van der Waals surface area (Å²) in [5.41, 5.74) is 0. The molecule has 2 aliphatic rings. The van der Waals surface area contributed by atoms with E-state index in [0.29, 0.717) is 6.08 Å². The van der Waals surface area contributed by atoms with E-state index >= 15 is 0 Å². The summed E-state index contributed by atoms with van der Waals surface area (Å²) in [5, 5.41) is 17.8. The first-order valence-corrected chi connectivity index (χ1v) is 5.11. The van der Waals surface area contributed by atoms with Gasteiger partial charge in [-0.3, -0.25) is 0 Å². The Morgan fingerprint density at radius 3 is 2.59 bits per heavy atom. The molecule has 94 valence electrons. The van der Waals surface area contributed by atoms with Crippen LogP contribution in [0.1, 0.15) is 0 Å². The number of carbonyl (C=O) groups excluding carboxylic acids is 1.